The number of carboxylic acid groups (broad SMARTS) is 1. The highest BCUT2D eigenvalue weighted by atomic mass is 19.4. The van der Waals surface area contributed by atoms with Gasteiger partial charge in [-0.3, -0.25) is 4.79 Å². The molecule has 1 aromatic rings. The molecule has 0 radical (unpaired) electrons. The minimum Gasteiger partial charge on any atom is -0.481 e. The monoisotopic (exact) mass is 318 g/mol. The molecule has 0 bridgehead atoms. The van der Waals surface area contributed by atoms with Gasteiger partial charge < -0.3 is 15.6 Å². The van der Waals surface area contributed by atoms with Gasteiger partial charge in [-0.15, -0.1) is 13.2 Å². The van der Waals surface area contributed by atoms with Crippen LogP contribution in [0.2, 0.25) is 0 Å². The molecule has 0 fully saturated rings. The molecule has 1 rings (SSSR count). The minimum atomic E-state index is -5.29. The zero-order chi connectivity index (χ0) is 16.4. The quantitative estimate of drug-likeness (QED) is 0.830. The van der Waals surface area contributed by atoms with Crippen molar-refractivity contribution in [2.45, 2.75) is 25.5 Å². The van der Waals surface area contributed by atoms with Gasteiger partial charge in [0.1, 0.15) is 11.4 Å². The Morgan fingerprint density at radius 1 is 1.29 bits per heavy atom. The van der Waals surface area contributed by atoms with Crippen LogP contribution in [0.25, 0.3) is 0 Å². The van der Waals surface area contributed by atoms with Crippen molar-refractivity contribution in [3.05, 3.63) is 23.0 Å². The van der Waals surface area contributed by atoms with Gasteiger partial charge >= 0.3 is 18.5 Å². The standard InChI is InChI=1S/C10H8F6N2O3/c11-9(12,13)7-2-6(21-10(14,15)16)4(1-8(19)20)5(3-17)18-7/h2H,1,3,17H2,(H,19,20). The third-order valence-corrected chi connectivity index (χ3v) is 2.21. The number of nitrogens with two attached hydrogens (primary N) is 1. The Bertz CT molecular complexity index is 541. The lowest BCUT2D eigenvalue weighted by atomic mass is 10.1. The SMILES string of the molecule is NCc1nc(C(F)(F)F)cc(OC(F)(F)F)c1CC(=O)O. The van der Waals surface area contributed by atoms with E-state index in [1.165, 1.54) is 0 Å². The Morgan fingerprint density at radius 2 is 1.86 bits per heavy atom. The maximum Gasteiger partial charge on any atom is 0.573 e. The third kappa shape index (κ3) is 4.77. The molecular weight excluding hydrogens is 310 g/mol. The molecule has 5 nitrogen and oxygen atoms in total. The van der Waals surface area contributed by atoms with Gasteiger partial charge in [0.2, 0.25) is 0 Å². The van der Waals surface area contributed by atoms with Crippen molar-refractivity contribution in [3.63, 3.8) is 0 Å². The summed E-state index contributed by atoms with van der Waals surface area (Å²) in [5.74, 6) is -2.86. The summed E-state index contributed by atoms with van der Waals surface area (Å²) < 4.78 is 77.8. The first-order chi connectivity index (χ1) is 9.44. The van der Waals surface area contributed by atoms with Crippen LogP contribution >= 0.6 is 0 Å². The number of carboxylic acids is 1. The topological polar surface area (TPSA) is 85.4 Å². The molecule has 1 aromatic heterocycles. The fourth-order valence-electron chi connectivity index (χ4n) is 1.47. The van der Waals surface area contributed by atoms with Gasteiger partial charge in [0.05, 0.1) is 12.1 Å². The van der Waals surface area contributed by atoms with E-state index >= 15 is 0 Å². The van der Waals surface area contributed by atoms with Crippen LogP contribution in [0.5, 0.6) is 5.75 Å². The molecule has 3 N–H and O–H groups in total. The smallest absolute Gasteiger partial charge is 0.481 e. The van der Waals surface area contributed by atoms with Crippen LogP contribution in [-0.2, 0) is 23.9 Å². The highest BCUT2D eigenvalue weighted by molar-refractivity contribution is 5.72. The van der Waals surface area contributed by atoms with E-state index in [9.17, 15) is 31.1 Å². The Kier molecular flexibility index (Phi) is 4.66. The number of alkyl halides is 6. The van der Waals surface area contributed by atoms with Crippen molar-refractivity contribution in [3.8, 4) is 5.75 Å². The van der Waals surface area contributed by atoms with E-state index in [0.717, 1.165) is 0 Å². The number of nitrogens with zero attached hydrogens (tertiary/aromatic N) is 1. The summed E-state index contributed by atoms with van der Waals surface area (Å²) in [6.07, 6.45) is -11.3. The first kappa shape index (κ1) is 17.0. The number of carbonyl (C=O) groups is 1. The molecule has 21 heavy (non-hydrogen) atoms. The normalized spacial score (nSPS) is 12.3. The van der Waals surface area contributed by atoms with Crippen LogP contribution in [0.15, 0.2) is 6.07 Å². The van der Waals surface area contributed by atoms with E-state index in [-0.39, 0.29) is 6.07 Å². The third-order valence-electron chi connectivity index (χ3n) is 2.21. The number of rotatable bonds is 4. The van der Waals surface area contributed by atoms with Crippen molar-refractivity contribution in [2.24, 2.45) is 5.73 Å². The van der Waals surface area contributed by atoms with Gasteiger partial charge in [0.25, 0.3) is 0 Å². The van der Waals surface area contributed by atoms with Crippen LogP contribution in [0.3, 0.4) is 0 Å². The average Bonchev–Trinajstić information content (AvgIpc) is 2.27. The van der Waals surface area contributed by atoms with Crippen molar-refractivity contribution in [1.29, 1.82) is 0 Å². The number of aromatic nitrogens is 1. The molecule has 0 saturated heterocycles. The molecule has 0 saturated carbocycles. The molecular formula is C10H8F6N2O3. The zero-order valence-electron chi connectivity index (χ0n) is 10.0. The van der Waals surface area contributed by atoms with E-state index < -0.39 is 54.2 Å². The number of pyridine rings is 1. The highest BCUT2D eigenvalue weighted by Gasteiger charge is 2.38. The lowest BCUT2D eigenvalue weighted by molar-refractivity contribution is -0.275. The van der Waals surface area contributed by atoms with E-state index in [1.54, 1.807) is 0 Å². The van der Waals surface area contributed by atoms with Crippen LogP contribution in [-0.4, -0.2) is 22.4 Å². The lowest BCUT2D eigenvalue weighted by Crippen LogP contribution is -2.22. The summed E-state index contributed by atoms with van der Waals surface area (Å²) in [7, 11) is 0. The van der Waals surface area contributed by atoms with E-state index in [4.69, 9.17) is 10.8 Å². The summed E-state index contributed by atoms with van der Waals surface area (Å²) in [6, 6.07) is -0.00900. The molecule has 11 heteroatoms. The summed E-state index contributed by atoms with van der Waals surface area (Å²) in [4.78, 5) is 13.7. The molecule has 0 unspecified atom stereocenters. The molecule has 0 aliphatic heterocycles. The second-order valence-electron chi connectivity index (χ2n) is 3.75. The van der Waals surface area contributed by atoms with Gasteiger partial charge in [-0.2, -0.15) is 13.2 Å². The number of halogens is 6. The first-order valence-electron chi connectivity index (χ1n) is 5.21. The summed E-state index contributed by atoms with van der Waals surface area (Å²) >= 11 is 0. The second-order valence-corrected chi connectivity index (χ2v) is 3.75. The number of ether oxygens (including phenoxy) is 1. The molecule has 0 spiro atoms. The van der Waals surface area contributed by atoms with Crippen LogP contribution < -0.4 is 10.5 Å². The molecule has 0 aliphatic rings. The molecule has 0 atom stereocenters. The largest absolute Gasteiger partial charge is 0.573 e. The molecule has 118 valence electrons. The van der Waals surface area contributed by atoms with Crippen LogP contribution in [0.1, 0.15) is 17.0 Å². The summed E-state index contributed by atoms with van der Waals surface area (Å²) in [6.45, 7) is -0.680. The van der Waals surface area contributed by atoms with E-state index in [1.807, 2.05) is 0 Å². The molecule has 0 amide bonds. The second kappa shape index (κ2) is 5.76. The predicted molar refractivity (Wildman–Crippen MR) is 55.2 cm³/mol. The van der Waals surface area contributed by atoms with Crippen molar-refractivity contribution < 1.29 is 41.0 Å². The molecule has 0 aliphatic carbocycles. The summed E-state index contributed by atoms with van der Waals surface area (Å²) in [5, 5.41) is 8.61. The van der Waals surface area contributed by atoms with Gasteiger partial charge in [-0.1, -0.05) is 0 Å². The fraction of sp³-hybridized carbons (Fsp3) is 0.400. The van der Waals surface area contributed by atoms with Crippen molar-refractivity contribution >= 4 is 5.97 Å². The highest BCUT2D eigenvalue weighted by Crippen LogP contribution is 2.35. The lowest BCUT2D eigenvalue weighted by Gasteiger charge is -2.17. The number of hydrogen-bond acceptors (Lipinski definition) is 4. The molecule has 1 heterocycles. The van der Waals surface area contributed by atoms with E-state index in [0.29, 0.717) is 0 Å². The zero-order valence-corrected chi connectivity index (χ0v) is 10.0. The maximum atomic E-state index is 12.6. The van der Waals surface area contributed by atoms with Crippen LogP contribution in [0.4, 0.5) is 26.3 Å². The Hall–Kier alpha value is -2.04. The fourth-order valence-corrected chi connectivity index (χ4v) is 1.47. The Morgan fingerprint density at radius 3 is 2.24 bits per heavy atom. The predicted octanol–water partition coefficient (Wildman–Crippen LogP) is 2.08. The summed E-state index contributed by atoms with van der Waals surface area (Å²) in [5.41, 5.74) is 2.17. The van der Waals surface area contributed by atoms with E-state index in [2.05, 4.69) is 9.72 Å². The van der Waals surface area contributed by atoms with Crippen LogP contribution in [0, 0.1) is 0 Å². The van der Waals surface area contributed by atoms with Gasteiger partial charge in [0.15, 0.2) is 0 Å². The van der Waals surface area contributed by atoms with Crippen molar-refractivity contribution in [1.82, 2.24) is 4.98 Å². The average molecular weight is 318 g/mol. The van der Waals surface area contributed by atoms with Crippen molar-refractivity contribution in [2.75, 3.05) is 0 Å². The minimum absolute atomic E-state index is 0.00900. The number of aliphatic carboxylic acids is 1. The number of hydrogen-bond donors (Lipinski definition) is 2. The van der Waals surface area contributed by atoms with Gasteiger partial charge in [0, 0.05) is 18.2 Å². The van der Waals surface area contributed by atoms with Gasteiger partial charge in [-0.05, 0) is 0 Å². The molecule has 0 aromatic carbocycles. The van der Waals surface area contributed by atoms with Gasteiger partial charge in [-0.25, -0.2) is 4.98 Å². The Balaban J connectivity index is 3.48. The maximum absolute atomic E-state index is 12.6. The Labute approximate surface area is 113 Å². The first-order valence-corrected chi connectivity index (χ1v) is 5.21.